The van der Waals surface area contributed by atoms with Crippen molar-refractivity contribution < 1.29 is 4.79 Å². The lowest BCUT2D eigenvalue weighted by Crippen LogP contribution is -2.16. The van der Waals surface area contributed by atoms with E-state index in [0.717, 1.165) is 5.69 Å². The molecule has 2 aromatic carbocycles. The third-order valence-electron chi connectivity index (χ3n) is 2.60. The Morgan fingerprint density at radius 2 is 1.68 bits per heavy atom. The Morgan fingerprint density at radius 3 is 2.42 bits per heavy atom. The minimum absolute atomic E-state index is 0.0588. The van der Waals surface area contributed by atoms with Crippen LogP contribution in [0.4, 0.5) is 11.4 Å². The zero-order valence-electron chi connectivity index (χ0n) is 10.4. The average Bonchev–Trinajstić information content (AvgIpc) is 2.43. The highest BCUT2D eigenvalue weighted by Crippen LogP contribution is 2.20. The molecule has 0 aliphatic rings. The van der Waals surface area contributed by atoms with Crippen LogP contribution in [0.2, 0.25) is 5.02 Å². The summed E-state index contributed by atoms with van der Waals surface area (Å²) in [5, 5.41) is 6.52. The SMILES string of the molecule is O=C(CCNc1ccccc1)Nc1ccccc1Cl. The molecule has 0 aliphatic carbocycles. The molecule has 2 rings (SSSR count). The van der Waals surface area contributed by atoms with E-state index in [4.69, 9.17) is 11.6 Å². The van der Waals surface area contributed by atoms with E-state index < -0.39 is 0 Å². The summed E-state index contributed by atoms with van der Waals surface area (Å²) in [7, 11) is 0. The number of rotatable bonds is 5. The monoisotopic (exact) mass is 274 g/mol. The Labute approximate surface area is 117 Å². The first-order valence-electron chi connectivity index (χ1n) is 6.09. The summed E-state index contributed by atoms with van der Waals surface area (Å²) in [6.07, 6.45) is 0.389. The second-order valence-electron chi connectivity index (χ2n) is 4.07. The molecule has 4 heteroatoms. The third-order valence-corrected chi connectivity index (χ3v) is 2.93. The van der Waals surface area contributed by atoms with Crippen molar-refractivity contribution in [2.75, 3.05) is 17.2 Å². The van der Waals surface area contributed by atoms with Crippen LogP contribution in [0, 0.1) is 0 Å². The predicted octanol–water partition coefficient (Wildman–Crippen LogP) is 3.78. The number of nitrogens with one attached hydrogen (secondary N) is 2. The molecule has 0 aromatic heterocycles. The predicted molar refractivity (Wildman–Crippen MR) is 79.6 cm³/mol. The number of hydrogen-bond acceptors (Lipinski definition) is 2. The molecule has 3 nitrogen and oxygen atoms in total. The fourth-order valence-electron chi connectivity index (χ4n) is 1.65. The molecule has 2 N–H and O–H groups in total. The van der Waals surface area contributed by atoms with Gasteiger partial charge in [0.1, 0.15) is 0 Å². The summed E-state index contributed by atoms with van der Waals surface area (Å²) in [4.78, 5) is 11.7. The van der Waals surface area contributed by atoms with E-state index in [1.165, 1.54) is 0 Å². The van der Waals surface area contributed by atoms with Crippen molar-refractivity contribution in [3.05, 3.63) is 59.6 Å². The zero-order chi connectivity index (χ0) is 13.5. The lowest BCUT2D eigenvalue weighted by atomic mass is 10.3. The van der Waals surface area contributed by atoms with Crippen LogP contribution in [0.25, 0.3) is 0 Å². The summed E-state index contributed by atoms with van der Waals surface area (Å²) in [6.45, 7) is 0.584. The van der Waals surface area contributed by atoms with Crippen LogP contribution in [0.3, 0.4) is 0 Å². The van der Waals surface area contributed by atoms with Crippen LogP contribution in [0.5, 0.6) is 0 Å². The summed E-state index contributed by atoms with van der Waals surface area (Å²) in [5.41, 5.74) is 1.65. The molecule has 0 radical (unpaired) electrons. The topological polar surface area (TPSA) is 41.1 Å². The maximum absolute atomic E-state index is 11.7. The minimum atomic E-state index is -0.0588. The van der Waals surface area contributed by atoms with Gasteiger partial charge in [-0.3, -0.25) is 4.79 Å². The van der Waals surface area contributed by atoms with Gasteiger partial charge in [0.05, 0.1) is 10.7 Å². The summed E-state index contributed by atoms with van der Waals surface area (Å²) < 4.78 is 0. The van der Waals surface area contributed by atoms with Crippen LogP contribution >= 0.6 is 11.6 Å². The first-order valence-corrected chi connectivity index (χ1v) is 6.47. The molecule has 0 bridgehead atoms. The lowest BCUT2D eigenvalue weighted by Gasteiger charge is -2.08. The molecule has 0 saturated carbocycles. The van der Waals surface area contributed by atoms with Gasteiger partial charge in [0.25, 0.3) is 0 Å². The lowest BCUT2D eigenvalue weighted by molar-refractivity contribution is -0.115. The highest BCUT2D eigenvalue weighted by atomic mass is 35.5. The van der Waals surface area contributed by atoms with Crippen molar-refractivity contribution in [1.82, 2.24) is 0 Å². The Morgan fingerprint density at radius 1 is 1.00 bits per heavy atom. The van der Waals surface area contributed by atoms with Gasteiger partial charge in [-0.15, -0.1) is 0 Å². The van der Waals surface area contributed by atoms with Crippen molar-refractivity contribution >= 4 is 28.9 Å². The standard InChI is InChI=1S/C15H15ClN2O/c16-13-8-4-5-9-14(13)18-15(19)10-11-17-12-6-2-1-3-7-12/h1-9,17H,10-11H2,(H,18,19). The van der Waals surface area contributed by atoms with Gasteiger partial charge < -0.3 is 10.6 Å². The van der Waals surface area contributed by atoms with E-state index in [0.29, 0.717) is 23.7 Å². The maximum atomic E-state index is 11.7. The number of hydrogen-bond donors (Lipinski definition) is 2. The molecule has 0 atom stereocenters. The van der Waals surface area contributed by atoms with Crippen molar-refractivity contribution in [2.24, 2.45) is 0 Å². The number of benzene rings is 2. The van der Waals surface area contributed by atoms with Gasteiger partial charge in [0, 0.05) is 18.7 Å². The zero-order valence-corrected chi connectivity index (χ0v) is 11.2. The summed E-state index contributed by atoms with van der Waals surface area (Å²) >= 11 is 5.97. The Balaban J connectivity index is 1.78. The molecular weight excluding hydrogens is 260 g/mol. The Hall–Kier alpha value is -2.00. The summed E-state index contributed by atoms with van der Waals surface area (Å²) in [5.74, 6) is -0.0588. The highest BCUT2D eigenvalue weighted by Gasteiger charge is 2.04. The fraction of sp³-hybridized carbons (Fsp3) is 0.133. The van der Waals surface area contributed by atoms with Crippen molar-refractivity contribution in [2.45, 2.75) is 6.42 Å². The molecule has 0 unspecified atom stereocenters. The summed E-state index contributed by atoms with van der Waals surface area (Å²) in [6, 6.07) is 17.0. The first-order chi connectivity index (χ1) is 9.25. The fourth-order valence-corrected chi connectivity index (χ4v) is 1.83. The number of carbonyl (C=O) groups is 1. The molecule has 98 valence electrons. The molecular formula is C15H15ClN2O. The molecule has 2 aromatic rings. The van der Waals surface area contributed by atoms with E-state index in [2.05, 4.69) is 10.6 Å². The van der Waals surface area contributed by atoms with Crippen molar-refractivity contribution in [3.8, 4) is 0 Å². The number of carbonyl (C=O) groups excluding carboxylic acids is 1. The van der Waals surface area contributed by atoms with Gasteiger partial charge in [0.2, 0.25) is 5.91 Å². The van der Waals surface area contributed by atoms with Gasteiger partial charge in [-0.25, -0.2) is 0 Å². The van der Waals surface area contributed by atoms with Gasteiger partial charge in [0.15, 0.2) is 0 Å². The molecule has 0 spiro atoms. The molecule has 0 aliphatic heterocycles. The molecule has 0 saturated heterocycles. The van der Waals surface area contributed by atoms with Crippen LogP contribution in [0.1, 0.15) is 6.42 Å². The van der Waals surface area contributed by atoms with Gasteiger partial charge >= 0.3 is 0 Å². The number of para-hydroxylation sites is 2. The van der Waals surface area contributed by atoms with Crippen LogP contribution in [-0.4, -0.2) is 12.5 Å². The largest absolute Gasteiger partial charge is 0.385 e. The molecule has 19 heavy (non-hydrogen) atoms. The first kappa shape index (κ1) is 13.4. The van der Waals surface area contributed by atoms with Crippen LogP contribution < -0.4 is 10.6 Å². The quantitative estimate of drug-likeness (QED) is 0.871. The van der Waals surface area contributed by atoms with Crippen LogP contribution in [0.15, 0.2) is 54.6 Å². The number of halogens is 1. The van der Waals surface area contributed by atoms with Crippen molar-refractivity contribution in [3.63, 3.8) is 0 Å². The highest BCUT2D eigenvalue weighted by molar-refractivity contribution is 6.33. The van der Waals surface area contributed by atoms with E-state index in [1.807, 2.05) is 42.5 Å². The smallest absolute Gasteiger partial charge is 0.226 e. The minimum Gasteiger partial charge on any atom is -0.385 e. The second kappa shape index (κ2) is 6.81. The Kier molecular flexibility index (Phi) is 4.81. The maximum Gasteiger partial charge on any atom is 0.226 e. The number of amides is 1. The number of anilines is 2. The molecule has 1 amide bonds. The van der Waals surface area contributed by atoms with Gasteiger partial charge in [-0.2, -0.15) is 0 Å². The van der Waals surface area contributed by atoms with E-state index in [-0.39, 0.29) is 5.91 Å². The van der Waals surface area contributed by atoms with E-state index in [9.17, 15) is 4.79 Å². The second-order valence-corrected chi connectivity index (χ2v) is 4.48. The van der Waals surface area contributed by atoms with Gasteiger partial charge in [-0.1, -0.05) is 41.9 Å². The van der Waals surface area contributed by atoms with Crippen molar-refractivity contribution in [1.29, 1.82) is 0 Å². The molecule has 0 heterocycles. The van der Waals surface area contributed by atoms with E-state index in [1.54, 1.807) is 12.1 Å². The molecule has 0 fully saturated rings. The third kappa shape index (κ3) is 4.30. The average molecular weight is 275 g/mol. The van der Waals surface area contributed by atoms with Gasteiger partial charge in [-0.05, 0) is 24.3 Å². The van der Waals surface area contributed by atoms with E-state index >= 15 is 0 Å². The Bertz CT molecular complexity index is 543. The van der Waals surface area contributed by atoms with Crippen LogP contribution in [-0.2, 0) is 4.79 Å². The normalized spacial score (nSPS) is 9.95.